The van der Waals surface area contributed by atoms with E-state index in [1.54, 1.807) is 23.0 Å². The second-order valence-electron chi connectivity index (χ2n) is 7.63. The average Bonchev–Trinajstić information content (AvgIpc) is 3.32. The molecule has 0 radical (unpaired) electrons. The van der Waals surface area contributed by atoms with E-state index < -0.39 is 10.0 Å². The summed E-state index contributed by atoms with van der Waals surface area (Å²) in [6.45, 7) is 0.845. The van der Waals surface area contributed by atoms with Gasteiger partial charge in [0, 0.05) is 37.3 Å². The first-order valence-electron chi connectivity index (χ1n) is 10.3. The molecule has 8 nitrogen and oxygen atoms in total. The first-order valence-corrected chi connectivity index (χ1v) is 11.8. The Balaban J connectivity index is 1.32. The van der Waals surface area contributed by atoms with Crippen molar-refractivity contribution in [1.82, 2.24) is 19.4 Å². The van der Waals surface area contributed by atoms with Crippen LogP contribution in [0.4, 0.5) is 0 Å². The van der Waals surface area contributed by atoms with Crippen LogP contribution in [-0.2, 0) is 21.4 Å². The Labute approximate surface area is 187 Å². The summed E-state index contributed by atoms with van der Waals surface area (Å²) in [5.74, 6) is -0.344. The minimum atomic E-state index is -3.76. The van der Waals surface area contributed by atoms with Gasteiger partial charge in [-0.1, -0.05) is 30.3 Å². The largest absolute Gasteiger partial charge is 0.352 e. The number of nitrogens with zero attached hydrogens (tertiary/aromatic N) is 4. The minimum absolute atomic E-state index is 0.0147. The molecule has 3 aromatic rings. The van der Waals surface area contributed by atoms with Gasteiger partial charge in [-0.05, 0) is 37.1 Å². The topological polar surface area (TPSA) is 108 Å². The number of para-hydroxylation sites is 1. The Morgan fingerprint density at radius 1 is 1.09 bits per heavy atom. The van der Waals surface area contributed by atoms with Crippen molar-refractivity contribution in [2.24, 2.45) is 5.92 Å². The number of carbonyl (C=O) groups excluding carboxylic acids is 1. The number of sulfonamides is 1. The van der Waals surface area contributed by atoms with Crippen LogP contribution < -0.4 is 5.32 Å². The lowest BCUT2D eigenvalue weighted by Gasteiger charge is -2.30. The molecule has 0 bridgehead atoms. The monoisotopic (exact) mass is 449 g/mol. The maximum absolute atomic E-state index is 12.9. The Morgan fingerprint density at radius 3 is 2.50 bits per heavy atom. The highest BCUT2D eigenvalue weighted by Gasteiger charge is 2.33. The molecule has 1 aromatic heterocycles. The Bertz CT molecular complexity index is 1240. The van der Waals surface area contributed by atoms with Crippen molar-refractivity contribution < 1.29 is 13.2 Å². The summed E-state index contributed by atoms with van der Waals surface area (Å²) in [6.07, 6.45) is 4.46. The van der Waals surface area contributed by atoms with E-state index in [1.165, 1.54) is 16.4 Å². The van der Waals surface area contributed by atoms with E-state index in [4.69, 9.17) is 0 Å². The van der Waals surface area contributed by atoms with Crippen molar-refractivity contribution in [2.75, 3.05) is 13.1 Å². The second kappa shape index (κ2) is 9.34. The Morgan fingerprint density at radius 2 is 1.78 bits per heavy atom. The van der Waals surface area contributed by atoms with Crippen LogP contribution in [0.1, 0.15) is 24.0 Å². The van der Waals surface area contributed by atoms with Gasteiger partial charge >= 0.3 is 0 Å². The van der Waals surface area contributed by atoms with Crippen LogP contribution in [-0.4, -0.2) is 41.5 Å². The normalized spacial score (nSPS) is 15.2. The van der Waals surface area contributed by atoms with Gasteiger partial charge in [-0.2, -0.15) is 14.7 Å². The highest BCUT2D eigenvalue weighted by molar-refractivity contribution is 7.89. The number of aromatic nitrogens is 2. The fourth-order valence-electron chi connectivity index (χ4n) is 3.79. The molecule has 0 saturated carbocycles. The van der Waals surface area contributed by atoms with Crippen LogP contribution >= 0.6 is 0 Å². The molecule has 0 aliphatic carbocycles. The molecule has 9 heteroatoms. The molecule has 1 amide bonds. The zero-order valence-corrected chi connectivity index (χ0v) is 18.2. The molecule has 1 N–H and O–H groups in total. The number of carbonyl (C=O) groups is 1. The predicted octanol–water partition coefficient (Wildman–Crippen LogP) is 2.46. The lowest BCUT2D eigenvalue weighted by atomic mass is 9.97. The molecule has 0 unspecified atom stereocenters. The number of benzene rings is 2. The lowest BCUT2D eigenvalue weighted by Crippen LogP contribution is -2.43. The number of piperidine rings is 1. The third kappa shape index (κ3) is 4.56. The second-order valence-corrected chi connectivity index (χ2v) is 9.54. The fourth-order valence-corrected chi connectivity index (χ4v) is 5.40. The lowest BCUT2D eigenvalue weighted by molar-refractivity contribution is -0.126. The maximum atomic E-state index is 12.9. The maximum Gasteiger partial charge on any atom is 0.244 e. The zero-order chi connectivity index (χ0) is 22.6. The Kier molecular flexibility index (Phi) is 6.35. The smallest absolute Gasteiger partial charge is 0.244 e. The van der Waals surface area contributed by atoms with Crippen LogP contribution in [0.15, 0.2) is 71.9 Å². The van der Waals surface area contributed by atoms with E-state index in [0.29, 0.717) is 19.4 Å². The van der Waals surface area contributed by atoms with E-state index >= 15 is 0 Å². The van der Waals surface area contributed by atoms with Crippen LogP contribution in [0.3, 0.4) is 0 Å². The highest BCUT2D eigenvalue weighted by Crippen LogP contribution is 2.25. The van der Waals surface area contributed by atoms with Gasteiger partial charge in [0.1, 0.15) is 6.07 Å². The molecule has 1 saturated heterocycles. The molecule has 1 fully saturated rings. The molecule has 0 atom stereocenters. The molecule has 1 aliphatic rings. The summed E-state index contributed by atoms with van der Waals surface area (Å²) in [5, 5.41) is 16.5. The van der Waals surface area contributed by atoms with Crippen LogP contribution in [0.2, 0.25) is 0 Å². The van der Waals surface area contributed by atoms with E-state index in [9.17, 15) is 18.5 Å². The van der Waals surface area contributed by atoms with E-state index in [0.717, 1.165) is 11.3 Å². The molecular weight excluding hydrogens is 426 g/mol. The fraction of sp³-hybridized carbons (Fsp3) is 0.261. The van der Waals surface area contributed by atoms with Crippen molar-refractivity contribution in [3.8, 4) is 11.8 Å². The number of hydrogen-bond acceptors (Lipinski definition) is 5. The van der Waals surface area contributed by atoms with E-state index in [-0.39, 0.29) is 35.4 Å². The van der Waals surface area contributed by atoms with Crippen molar-refractivity contribution in [2.45, 2.75) is 24.3 Å². The van der Waals surface area contributed by atoms with Crippen molar-refractivity contribution >= 4 is 15.9 Å². The predicted molar refractivity (Wildman–Crippen MR) is 118 cm³/mol. The summed E-state index contributed by atoms with van der Waals surface area (Å²) in [6, 6.07) is 17.8. The molecule has 2 heterocycles. The summed E-state index contributed by atoms with van der Waals surface area (Å²) < 4.78 is 29.0. The van der Waals surface area contributed by atoms with Crippen molar-refractivity contribution in [3.05, 3.63) is 78.1 Å². The van der Waals surface area contributed by atoms with Crippen molar-refractivity contribution in [3.63, 3.8) is 0 Å². The first kappa shape index (κ1) is 21.7. The molecule has 32 heavy (non-hydrogen) atoms. The average molecular weight is 450 g/mol. The van der Waals surface area contributed by atoms with E-state index in [2.05, 4.69) is 10.4 Å². The number of nitriles is 1. The molecule has 1 aliphatic heterocycles. The van der Waals surface area contributed by atoms with Crippen molar-refractivity contribution in [1.29, 1.82) is 5.26 Å². The minimum Gasteiger partial charge on any atom is -0.352 e. The van der Waals surface area contributed by atoms with E-state index in [1.807, 2.05) is 42.6 Å². The number of rotatable bonds is 6. The molecule has 4 rings (SSSR count). The molecule has 0 spiro atoms. The van der Waals surface area contributed by atoms with Crippen LogP contribution in [0.25, 0.3) is 5.69 Å². The van der Waals surface area contributed by atoms with Gasteiger partial charge in [-0.15, -0.1) is 0 Å². The summed E-state index contributed by atoms with van der Waals surface area (Å²) in [5.41, 5.74) is 1.95. The number of nitrogens with one attached hydrogen (secondary N) is 1. The first-order chi connectivity index (χ1) is 15.5. The van der Waals surface area contributed by atoms with Crippen LogP contribution in [0, 0.1) is 17.2 Å². The number of amides is 1. The van der Waals surface area contributed by atoms with Gasteiger partial charge in [0.2, 0.25) is 15.9 Å². The summed E-state index contributed by atoms with van der Waals surface area (Å²) >= 11 is 0. The molecule has 164 valence electrons. The van der Waals surface area contributed by atoms with Gasteiger partial charge in [0.15, 0.2) is 0 Å². The Hall–Kier alpha value is -3.48. The zero-order valence-electron chi connectivity index (χ0n) is 17.4. The summed E-state index contributed by atoms with van der Waals surface area (Å²) in [7, 11) is -3.76. The van der Waals surface area contributed by atoms with Gasteiger partial charge in [-0.3, -0.25) is 4.79 Å². The third-order valence-corrected chi connectivity index (χ3v) is 7.53. The van der Waals surface area contributed by atoms with Crippen LogP contribution in [0.5, 0.6) is 0 Å². The highest BCUT2D eigenvalue weighted by atomic mass is 32.2. The molecule has 2 aromatic carbocycles. The quantitative estimate of drug-likeness (QED) is 0.622. The third-order valence-electron chi connectivity index (χ3n) is 5.57. The number of hydrogen-bond donors (Lipinski definition) is 1. The van der Waals surface area contributed by atoms with Gasteiger partial charge in [0.05, 0.1) is 22.3 Å². The van der Waals surface area contributed by atoms with Gasteiger partial charge in [-0.25, -0.2) is 13.1 Å². The van der Waals surface area contributed by atoms with Gasteiger partial charge < -0.3 is 5.32 Å². The standard InChI is InChI=1S/C23H23N5O3S/c24-14-20-6-4-5-9-22(20)32(30,31)27-12-10-19(11-13-27)23(29)25-15-18-16-26-28(17-18)21-7-2-1-3-8-21/h1-9,16-17,19H,10-13,15H2,(H,25,29). The summed E-state index contributed by atoms with van der Waals surface area (Å²) in [4.78, 5) is 12.6. The van der Waals surface area contributed by atoms with Gasteiger partial charge in [0.25, 0.3) is 0 Å². The molecular formula is C23H23N5O3S. The SMILES string of the molecule is N#Cc1ccccc1S(=O)(=O)N1CCC(C(=O)NCc2cnn(-c3ccccc3)c2)CC1.